The summed E-state index contributed by atoms with van der Waals surface area (Å²) in [5, 5.41) is 3.59. The van der Waals surface area contributed by atoms with E-state index in [1.54, 1.807) is 11.8 Å². The molecule has 0 fully saturated rings. The van der Waals surface area contributed by atoms with Gasteiger partial charge in [0.1, 0.15) is 6.04 Å². The molecule has 0 unspecified atom stereocenters. The number of nitrogens with zero attached hydrogens (tertiary/aromatic N) is 1. The van der Waals surface area contributed by atoms with Crippen LogP contribution in [0.25, 0.3) is 0 Å². The van der Waals surface area contributed by atoms with E-state index in [0.29, 0.717) is 36.9 Å². The van der Waals surface area contributed by atoms with Crippen molar-refractivity contribution in [3.8, 4) is 0 Å². The summed E-state index contributed by atoms with van der Waals surface area (Å²) < 4.78 is 0.973. The van der Waals surface area contributed by atoms with Crippen molar-refractivity contribution in [1.82, 2.24) is 10.2 Å². The summed E-state index contributed by atoms with van der Waals surface area (Å²) in [5.41, 5.74) is 1.91. The summed E-state index contributed by atoms with van der Waals surface area (Å²) in [6.07, 6.45) is 0.831. The minimum Gasteiger partial charge on any atom is -0.354 e. The molecule has 2 aromatic carbocycles. The van der Waals surface area contributed by atoms with Crippen LogP contribution >= 0.6 is 27.5 Å². The first-order valence-electron chi connectivity index (χ1n) is 9.83. The molecule has 1 N–H and O–H groups in total. The van der Waals surface area contributed by atoms with Gasteiger partial charge in [0.15, 0.2) is 0 Å². The maximum atomic E-state index is 13.1. The number of carbonyl (C=O) groups is 2. The van der Waals surface area contributed by atoms with Crippen molar-refractivity contribution in [2.45, 2.75) is 46.2 Å². The van der Waals surface area contributed by atoms with E-state index in [9.17, 15) is 9.59 Å². The van der Waals surface area contributed by atoms with Crippen molar-refractivity contribution >= 4 is 39.3 Å². The summed E-state index contributed by atoms with van der Waals surface area (Å²) in [7, 11) is 0. The van der Waals surface area contributed by atoms with E-state index in [1.165, 1.54) is 0 Å². The van der Waals surface area contributed by atoms with Gasteiger partial charge in [-0.25, -0.2) is 0 Å². The van der Waals surface area contributed by atoms with E-state index < -0.39 is 6.04 Å². The van der Waals surface area contributed by atoms with Gasteiger partial charge in [-0.1, -0.05) is 71.7 Å². The molecule has 4 nitrogen and oxygen atoms in total. The molecule has 6 heteroatoms. The highest BCUT2D eigenvalue weighted by molar-refractivity contribution is 9.10. The molecule has 2 amide bonds. The maximum absolute atomic E-state index is 13.1. The van der Waals surface area contributed by atoms with Crippen molar-refractivity contribution in [2.24, 2.45) is 5.92 Å². The van der Waals surface area contributed by atoms with Gasteiger partial charge in [0.05, 0.1) is 0 Å². The minimum absolute atomic E-state index is 0.0694. The Morgan fingerprint density at radius 2 is 1.72 bits per heavy atom. The third kappa shape index (κ3) is 7.48. The predicted molar refractivity (Wildman–Crippen MR) is 122 cm³/mol. The quantitative estimate of drug-likeness (QED) is 0.536. The summed E-state index contributed by atoms with van der Waals surface area (Å²) >= 11 is 9.65. The molecule has 29 heavy (non-hydrogen) atoms. The summed E-state index contributed by atoms with van der Waals surface area (Å²) in [5.74, 6) is 0.143. The lowest BCUT2D eigenvalue weighted by Crippen LogP contribution is -2.48. The first-order chi connectivity index (χ1) is 13.8. The molecule has 0 spiro atoms. The van der Waals surface area contributed by atoms with E-state index in [1.807, 2.05) is 62.4 Å². The Balaban J connectivity index is 2.13. The Labute approximate surface area is 186 Å². The van der Waals surface area contributed by atoms with E-state index in [4.69, 9.17) is 11.6 Å². The highest BCUT2D eigenvalue weighted by Crippen LogP contribution is 2.19. The molecule has 0 aromatic heterocycles. The summed E-state index contributed by atoms with van der Waals surface area (Å²) in [6.45, 7) is 6.83. The number of hydrogen-bond acceptors (Lipinski definition) is 2. The Hall–Kier alpha value is -1.85. The summed E-state index contributed by atoms with van der Waals surface area (Å²) in [6, 6.07) is 14.7. The first kappa shape index (κ1) is 23.4. The average molecular weight is 480 g/mol. The van der Waals surface area contributed by atoms with Gasteiger partial charge in [0, 0.05) is 29.0 Å². The number of halogens is 2. The van der Waals surface area contributed by atoms with Crippen LogP contribution in [0.3, 0.4) is 0 Å². The Bertz CT molecular complexity index is 824. The predicted octanol–water partition coefficient (Wildman–Crippen LogP) is 5.22. The van der Waals surface area contributed by atoms with Crippen molar-refractivity contribution in [3.05, 3.63) is 69.2 Å². The van der Waals surface area contributed by atoms with Crippen LogP contribution < -0.4 is 5.32 Å². The van der Waals surface area contributed by atoms with Crippen LogP contribution in [0.1, 0.15) is 38.3 Å². The number of nitrogens with one attached hydrogen (secondary N) is 1. The van der Waals surface area contributed by atoms with Crippen LogP contribution in [0, 0.1) is 5.92 Å². The lowest BCUT2D eigenvalue weighted by molar-refractivity contribution is -0.140. The van der Waals surface area contributed by atoms with Gasteiger partial charge in [-0.3, -0.25) is 9.59 Å². The van der Waals surface area contributed by atoms with Gasteiger partial charge in [-0.2, -0.15) is 0 Å². The van der Waals surface area contributed by atoms with Gasteiger partial charge in [-0.15, -0.1) is 0 Å². The molecule has 0 aliphatic rings. The SMILES string of the molecule is CC(C)CNC(=O)[C@H](C)N(Cc1ccc(Br)cc1)C(=O)CCc1ccccc1Cl. The first-order valence-corrected chi connectivity index (χ1v) is 11.0. The number of rotatable bonds is 9. The van der Waals surface area contributed by atoms with Crippen molar-refractivity contribution < 1.29 is 9.59 Å². The van der Waals surface area contributed by atoms with Gasteiger partial charge < -0.3 is 10.2 Å². The van der Waals surface area contributed by atoms with Crippen LogP contribution in [-0.2, 0) is 22.6 Å². The third-order valence-corrected chi connectivity index (χ3v) is 5.58. The van der Waals surface area contributed by atoms with Crippen molar-refractivity contribution in [2.75, 3.05) is 6.54 Å². The fourth-order valence-electron chi connectivity index (χ4n) is 2.91. The smallest absolute Gasteiger partial charge is 0.242 e. The molecule has 0 aliphatic carbocycles. The highest BCUT2D eigenvalue weighted by atomic mass is 79.9. The number of hydrogen-bond donors (Lipinski definition) is 1. The molecule has 0 aliphatic heterocycles. The monoisotopic (exact) mass is 478 g/mol. The molecular formula is C23H28BrClN2O2. The molecule has 156 valence electrons. The molecule has 0 radical (unpaired) electrons. The van der Waals surface area contributed by atoms with Gasteiger partial charge in [0.2, 0.25) is 11.8 Å². The number of carbonyl (C=O) groups excluding carboxylic acids is 2. The number of aryl methyl sites for hydroxylation is 1. The maximum Gasteiger partial charge on any atom is 0.242 e. The van der Waals surface area contributed by atoms with E-state index in [-0.39, 0.29) is 11.8 Å². The number of amides is 2. The van der Waals surface area contributed by atoms with Crippen LogP contribution in [-0.4, -0.2) is 29.3 Å². The second-order valence-electron chi connectivity index (χ2n) is 7.55. The molecule has 0 saturated carbocycles. The molecule has 2 aromatic rings. The van der Waals surface area contributed by atoms with Crippen LogP contribution in [0.2, 0.25) is 5.02 Å². The van der Waals surface area contributed by atoms with Crippen LogP contribution in [0.4, 0.5) is 0 Å². The molecule has 2 rings (SSSR count). The normalized spacial score (nSPS) is 11.9. The van der Waals surface area contributed by atoms with E-state index in [2.05, 4.69) is 21.2 Å². The van der Waals surface area contributed by atoms with Crippen LogP contribution in [0.15, 0.2) is 53.0 Å². The fraction of sp³-hybridized carbons (Fsp3) is 0.391. The van der Waals surface area contributed by atoms with Gasteiger partial charge in [-0.05, 0) is 48.6 Å². The zero-order valence-corrected chi connectivity index (χ0v) is 19.5. The zero-order chi connectivity index (χ0) is 21.4. The van der Waals surface area contributed by atoms with Gasteiger partial charge in [0.25, 0.3) is 0 Å². The second-order valence-corrected chi connectivity index (χ2v) is 8.88. The largest absolute Gasteiger partial charge is 0.354 e. The average Bonchev–Trinajstić information content (AvgIpc) is 2.70. The van der Waals surface area contributed by atoms with Crippen LogP contribution in [0.5, 0.6) is 0 Å². The third-order valence-electron chi connectivity index (χ3n) is 4.68. The Morgan fingerprint density at radius 1 is 1.07 bits per heavy atom. The lowest BCUT2D eigenvalue weighted by atomic mass is 10.1. The Kier molecular flexibility index (Phi) is 9.18. The topological polar surface area (TPSA) is 49.4 Å². The summed E-state index contributed by atoms with van der Waals surface area (Å²) in [4.78, 5) is 27.4. The molecule has 0 saturated heterocycles. The molecule has 0 heterocycles. The van der Waals surface area contributed by atoms with E-state index >= 15 is 0 Å². The fourth-order valence-corrected chi connectivity index (χ4v) is 3.40. The van der Waals surface area contributed by atoms with Gasteiger partial charge >= 0.3 is 0 Å². The number of benzene rings is 2. The molecule has 1 atom stereocenters. The minimum atomic E-state index is -0.559. The van der Waals surface area contributed by atoms with Crippen molar-refractivity contribution in [1.29, 1.82) is 0 Å². The Morgan fingerprint density at radius 3 is 2.34 bits per heavy atom. The van der Waals surface area contributed by atoms with Crippen molar-refractivity contribution in [3.63, 3.8) is 0 Å². The second kappa shape index (κ2) is 11.4. The lowest BCUT2D eigenvalue weighted by Gasteiger charge is -2.29. The standard InChI is InChI=1S/C23H28BrClN2O2/c1-16(2)14-26-23(29)17(3)27(15-18-8-11-20(24)12-9-18)22(28)13-10-19-6-4-5-7-21(19)25/h4-9,11-12,16-17H,10,13-15H2,1-3H3,(H,26,29)/t17-/m0/s1. The highest BCUT2D eigenvalue weighted by Gasteiger charge is 2.26. The molecule has 0 bridgehead atoms. The molecular weight excluding hydrogens is 452 g/mol. The van der Waals surface area contributed by atoms with E-state index in [0.717, 1.165) is 15.6 Å². The zero-order valence-electron chi connectivity index (χ0n) is 17.1.